The van der Waals surface area contributed by atoms with Crippen LogP contribution in [0.25, 0.3) is 0 Å². The summed E-state index contributed by atoms with van der Waals surface area (Å²) in [6.45, 7) is 3.70. The van der Waals surface area contributed by atoms with Gasteiger partial charge >= 0.3 is 0 Å². The van der Waals surface area contributed by atoms with Crippen LogP contribution in [0.5, 0.6) is 0 Å². The maximum atomic E-state index is 12.0. The van der Waals surface area contributed by atoms with Crippen molar-refractivity contribution in [3.05, 3.63) is 24.3 Å². The van der Waals surface area contributed by atoms with Gasteiger partial charge in [-0.1, -0.05) is 46.0 Å². The number of carbonyl (C=O) groups is 2. The van der Waals surface area contributed by atoms with Gasteiger partial charge in [0.1, 0.15) is 0 Å². The van der Waals surface area contributed by atoms with Gasteiger partial charge < -0.3 is 16.0 Å². The molecule has 1 aliphatic carbocycles. The first-order valence-electron chi connectivity index (χ1n) is 9.46. The lowest BCUT2D eigenvalue weighted by atomic mass is 9.86. The van der Waals surface area contributed by atoms with E-state index in [2.05, 4.69) is 16.0 Å². The molecule has 0 heterocycles. The Hall–Kier alpha value is -1.95. The van der Waals surface area contributed by atoms with Crippen LogP contribution in [0.3, 0.4) is 0 Å². The number of rotatable bonds is 6. The minimum absolute atomic E-state index is 0.0218. The maximum absolute atomic E-state index is 12.0. The van der Waals surface area contributed by atoms with E-state index in [9.17, 15) is 9.59 Å². The summed E-state index contributed by atoms with van der Waals surface area (Å²) in [5, 5.41) is 8.88. The van der Waals surface area contributed by atoms with Gasteiger partial charge in [0.2, 0.25) is 11.8 Å². The van der Waals surface area contributed by atoms with Gasteiger partial charge in [0.15, 0.2) is 5.11 Å². The predicted molar refractivity (Wildman–Crippen MR) is 110 cm³/mol. The third kappa shape index (κ3) is 7.12. The van der Waals surface area contributed by atoms with Gasteiger partial charge in [-0.05, 0) is 48.8 Å². The number of nitrogens with one attached hydrogen (secondary N) is 3. The van der Waals surface area contributed by atoms with Gasteiger partial charge in [0, 0.05) is 23.7 Å². The molecule has 3 N–H and O–H groups in total. The van der Waals surface area contributed by atoms with Crippen LogP contribution in [0.1, 0.15) is 58.8 Å². The monoisotopic (exact) mass is 375 g/mol. The molecule has 1 saturated carbocycles. The molecule has 1 aromatic carbocycles. The van der Waals surface area contributed by atoms with Crippen molar-refractivity contribution in [3.8, 4) is 0 Å². The van der Waals surface area contributed by atoms with Crippen molar-refractivity contribution in [3.63, 3.8) is 0 Å². The van der Waals surface area contributed by atoms with Gasteiger partial charge in [-0.3, -0.25) is 9.59 Å². The molecule has 1 fully saturated rings. The fourth-order valence-electron chi connectivity index (χ4n) is 3.09. The SMILES string of the molecule is CC(C)C(=O)Nc1ccc(NC(=S)NC(=O)CCC2CCCCC2)cc1. The Morgan fingerprint density at radius 2 is 1.62 bits per heavy atom. The summed E-state index contributed by atoms with van der Waals surface area (Å²) in [5.41, 5.74) is 1.50. The summed E-state index contributed by atoms with van der Waals surface area (Å²) in [6, 6.07) is 7.24. The summed E-state index contributed by atoms with van der Waals surface area (Å²) in [7, 11) is 0. The van der Waals surface area contributed by atoms with Crippen molar-refractivity contribution in [2.75, 3.05) is 10.6 Å². The Balaban J connectivity index is 1.72. The molecule has 0 aromatic heterocycles. The molecule has 0 unspecified atom stereocenters. The van der Waals surface area contributed by atoms with Crippen LogP contribution in [0.4, 0.5) is 11.4 Å². The molecular weight excluding hydrogens is 346 g/mol. The highest BCUT2D eigenvalue weighted by atomic mass is 32.1. The highest BCUT2D eigenvalue weighted by molar-refractivity contribution is 7.80. The topological polar surface area (TPSA) is 70.2 Å². The first kappa shape index (κ1) is 20.4. The van der Waals surface area contributed by atoms with E-state index >= 15 is 0 Å². The number of carbonyl (C=O) groups excluding carboxylic acids is 2. The first-order valence-corrected chi connectivity index (χ1v) is 9.86. The fraction of sp³-hybridized carbons (Fsp3) is 0.550. The van der Waals surface area contributed by atoms with Crippen LogP contribution >= 0.6 is 12.2 Å². The Morgan fingerprint density at radius 1 is 1.04 bits per heavy atom. The van der Waals surface area contributed by atoms with E-state index < -0.39 is 0 Å². The van der Waals surface area contributed by atoms with Crippen LogP contribution in [-0.4, -0.2) is 16.9 Å². The van der Waals surface area contributed by atoms with Crippen LogP contribution in [-0.2, 0) is 9.59 Å². The van der Waals surface area contributed by atoms with E-state index in [0.717, 1.165) is 17.8 Å². The average molecular weight is 376 g/mol. The van der Waals surface area contributed by atoms with Gasteiger partial charge in [0.05, 0.1) is 0 Å². The van der Waals surface area contributed by atoms with Crippen molar-refractivity contribution in [2.45, 2.75) is 58.8 Å². The predicted octanol–water partition coefficient (Wildman–Crippen LogP) is 4.45. The Bertz CT molecular complexity index is 622. The van der Waals surface area contributed by atoms with Crippen molar-refractivity contribution in [2.24, 2.45) is 11.8 Å². The molecule has 1 aliphatic rings. The van der Waals surface area contributed by atoms with Gasteiger partial charge in [0.25, 0.3) is 0 Å². The van der Waals surface area contributed by atoms with E-state index in [0.29, 0.717) is 17.5 Å². The fourth-order valence-corrected chi connectivity index (χ4v) is 3.32. The van der Waals surface area contributed by atoms with Crippen molar-refractivity contribution in [1.29, 1.82) is 0 Å². The number of anilines is 2. The molecule has 26 heavy (non-hydrogen) atoms. The van der Waals surface area contributed by atoms with Crippen LogP contribution in [0.2, 0.25) is 0 Å². The third-order valence-electron chi connectivity index (χ3n) is 4.69. The summed E-state index contributed by atoms with van der Waals surface area (Å²) in [5.74, 6) is 0.564. The number of hydrogen-bond acceptors (Lipinski definition) is 3. The minimum atomic E-state index is -0.0656. The highest BCUT2D eigenvalue weighted by Gasteiger charge is 2.15. The molecule has 2 rings (SSSR count). The number of hydrogen-bond donors (Lipinski definition) is 3. The lowest BCUT2D eigenvalue weighted by Crippen LogP contribution is -2.34. The molecule has 1 aromatic rings. The molecule has 0 spiro atoms. The quantitative estimate of drug-likeness (QED) is 0.642. The Kier molecular flexibility index (Phi) is 8.04. The first-order chi connectivity index (χ1) is 12.4. The van der Waals surface area contributed by atoms with Gasteiger partial charge in [-0.2, -0.15) is 0 Å². The summed E-state index contributed by atoms with van der Waals surface area (Å²) in [6.07, 6.45) is 7.87. The second-order valence-electron chi connectivity index (χ2n) is 7.27. The zero-order valence-electron chi connectivity index (χ0n) is 15.6. The van der Waals surface area contributed by atoms with E-state index in [1.807, 2.05) is 26.0 Å². The smallest absolute Gasteiger partial charge is 0.226 e. The molecule has 0 aliphatic heterocycles. The molecule has 0 saturated heterocycles. The Morgan fingerprint density at radius 3 is 2.19 bits per heavy atom. The summed E-state index contributed by atoms with van der Waals surface area (Å²) in [4.78, 5) is 23.7. The second kappa shape index (κ2) is 10.3. The Labute approximate surface area is 161 Å². The molecule has 0 atom stereocenters. The van der Waals surface area contributed by atoms with Gasteiger partial charge in [-0.25, -0.2) is 0 Å². The van der Waals surface area contributed by atoms with Crippen molar-refractivity contribution >= 4 is 40.5 Å². The minimum Gasteiger partial charge on any atom is -0.332 e. The standard InChI is InChI=1S/C20H29N3O2S/c1-14(2)19(25)21-16-9-11-17(12-10-16)22-20(26)23-18(24)13-8-15-6-4-3-5-7-15/h9-12,14-15H,3-8,13H2,1-2H3,(H,21,25)(H2,22,23,24,26). The molecule has 142 valence electrons. The highest BCUT2D eigenvalue weighted by Crippen LogP contribution is 2.27. The van der Waals surface area contributed by atoms with E-state index in [-0.39, 0.29) is 17.7 Å². The van der Waals surface area contributed by atoms with E-state index in [1.165, 1.54) is 32.1 Å². The van der Waals surface area contributed by atoms with E-state index in [1.54, 1.807) is 12.1 Å². The molecule has 5 nitrogen and oxygen atoms in total. The second-order valence-corrected chi connectivity index (χ2v) is 7.67. The van der Waals surface area contributed by atoms with Crippen LogP contribution in [0.15, 0.2) is 24.3 Å². The third-order valence-corrected chi connectivity index (χ3v) is 4.90. The molecule has 0 radical (unpaired) electrons. The molecule has 0 bridgehead atoms. The number of amides is 2. The average Bonchev–Trinajstić information content (AvgIpc) is 2.62. The van der Waals surface area contributed by atoms with Crippen LogP contribution < -0.4 is 16.0 Å². The molecular formula is C20H29N3O2S. The van der Waals surface area contributed by atoms with Gasteiger partial charge in [-0.15, -0.1) is 0 Å². The largest absolute Gasteiger partial charge is 0.332 e. The van der Waals surface area contributed by atoms with E-state index in [4.69, 9.17) is 12.2 Å². The summed E-state index contributed by atoms with van der Waals surface area (Å²) < 4.78 is 0. The lowest BCUT2D eigenvalue weighted by Gasteiger charge is -2.21. The van der Waals surface area contributed by atoms with Crippen molar-refractivity contribution < 1.29 is 9.59 Å². The van der Waals surface area contributed by atoms with Crippen LogP contribution in [0, 0.1) is 11.8 Å². The lowest BCUT2D eigenvalue weighted by molar-refractivity contribution is -0.120. The normalized spacial score (nSPS) is 14.7. The zero-order valence-corrected chi connectivity index (χ0v) is 16.5. The van der Waals surface area contributed by atoms with Crippen molar-refractivity contribution in [1.82, 2.24) is 5.32 Å². The summed E-state index contributed by atoms with van der Waals surface area (Å²) >= 11 is 5.21. The number of thiocarbonyl (C=S) groups is 1. The maximum Gasteiger partial charge on any atom is 0.226 e. The zero-order chi connectivity index (χ0) is 18.9. The number of benzene rings is 1. The molecule has 2 amide bonds. The molecule has 6 heteroatoms.